The molecule has 2 aromatic heterocycles. The molecule has 116 valence electrons. The first-order valence-electron chi connectivity index (χ1n) is 6.82. The molecule has 0 amide bonds. The molecule has 0 aliphatic heterocycles. The molecule has 6 heteroatoms. The maximum Gasteiger partial charge on any atom is 0.157 e. The van der Waals surface area contributed by atoms with Crippen molar-refractivity contribution in [3.8, 4) is 11.3 Å². The summed E-state index contributed by atoms with van der Waals surface area (Å²) in [7, 11) is 6.39. The Morgan fingerprint density at radius 1 is 1.05 bits per heavy atom. The molecule has 0 fully saturated rings. The maximum absolute atomic E-state index is 13.1. The van der Waals surface area contributed by atoms with E-state index in [2.05, 4.69) is 36.1 Å². The number of nitrogens with one attached hydrogen (secondary N) is 1. The molecule has 0 bridgehead atoms. The van der Waals surface area contributed by atoms with Gasteiger partial charge in [0.15, 0.2) is 5.65 Å². The summed E-state index contributed by atoms with van der Waals surface area (Å²) in [4.78, 5) is 12.1. The summed E-state index contributed by atoms with van der Waals surface area (Å²) in [5.41, 5.74) is 4.66. The Kier molecular flexibility index (Phi) is 4.81. The predicted molar refractivity (Wildman–Crippen MR) is 81.0 cm³/mol. The highest BCUT2D eigenvalue weighted by Gasteiger charge is 2.20. The molecule has 22 heavy (non-hydrogen) atoms. The molecule has 0 aliphatic rings. The minimum atomic E-state index is -0.237. The summed E-state index contributed by atoms with van der Waals surface area (Å²) in [6, 6.07) is 6.49. The molecule has 0 saturated carbocycles. The van der Waals surface area contributed by atoms with Crippen molar-refractivity contribution in [2.24, 2.45) is 0 Å². The first kappa shape index (κ1) is 16.8. The van der Waals surface area contributed by atoms with Crippen LogP contribution in [-0.4, -0.2) is 40.6 Å². The molecular weight excluding hydrogens is 394 g/mol. The summed E-state index contributed by atoms with van der Waals surface area (Å²) >= 11 is 0. The molecule has 2 heterocycles. The Balaban J connectivity index is 0.00000176. The lowest BCUT2D eigenvalue weighted by Crippen LogP contribution is -3.00. The lowest BCUT2D eigenvalue weighted by atomic mass is 10.1. The third-order valence-corrected chi connectivity index (χ3v) is 3.29. The van der Waals surface area contributed by atoms with E-state index in [4.69, 9.17) is 0 Å². The molecular formula is C16H18FIN4. The highest BCUT2D eigenvalue weighted by molar-refractivity contribution is 5.84. The fourth-order valence-electron chi connectivity index (χ4n) is 2.45. The average Bonchev–Trinajstić information content (AvgIpc) is 2.77. The summed E-state index contributed by atoms with van der Waals surface area (Å²) < 4.78 is 13.9. The first-order valence-corrected chi connectivity index (χ1v) is 6.82. The van der Waals surface area contributed by atoms with Crippen LogP contribution in [0.1, 0.15) is 5.56 Å². The van der Waals surface area contributed by atoms with Crippen LogP contribution in [0.25, 0.3) is 22.4 Å². The number of aromatic nitrogens is 3. The summed E-state index contributed by atoms with van der Waals surface area (Å²) in [5, 5.41) is 0. The number of aromatic amines is 1. The van der Waals surface area contributed by atoms with Crippen molar-refractivity contribution in [3.05, 3.63) is 48.0 Å². The van der Waals surface area contributed by atoms with Crippen molar-refractivity contribution in [1.82, 2.24) is 15.0 Å². The van der Waals surface area contributed by atoms with Crippen LogP contribution in [0.3, 0.4) is 0 Å². The van der Waals surface area contributed by atoms with E-state index < -0.39 is 0 Å². The normalized spacial score (nSPS) is 11.5. The van der Waals surface area contributed by atoms with E-state index in [0.717, 1.165) is 39.0 Å². The number of fused-ring (bicyclic) bond motifs is 1. The molecule has 3 aromatic rings. The number of rotatable bonds is 3. The van der Waals surface area contributed by atoms with E-state index in [9.17, 15) is 4.39 Å². The molecule has 0 saturated heterocycles. The van der Waals surface area contributed by atoms with Crippen LogP contribution in [0.15, 0.2) is 36.7 Å². The molecule has 0 aliphatic carbocycles. The number of halogens is 2. The predicted octanol–water partition coefficient (Wildman–Crippen LogP) is -0.0258. The van der Waals surface area contributed by atoms with Gasteiger partial charge in [-0.25, -0.2) is 9.37 Å². The van der Waals surface area contributed by atoms with Crippen LogP contribution in [0.4, 0.5) is 4.39 Å². The number of quaternary nitrogens is 1. The van der Waals surface area contributed by atoms with Gasteiger partial charge in [-0.05, 0) is 29.8 Å². The second-order valence-electron chi connectivity index (χ2n) is 6.19. The van der Waals surface area contributed by atoms with Gasteiger partial charge in [-0.3, -0.25) is 4.98 Å². The number of H-pyrrole nitrogens is 1. The molecule has 1 aromatic carbocycles. The largest absolute Gasteiger partial charge is 1.00 e. The third-order valence-electron chi connectivity index (χ3n) is 3.29. The zero-order chi connectivity index (χ0) is 15.0. The molecule has 3 rings (SSSR count). The Labute approximate surface area is 146 Å². The fraction of sp³-hybridized carbons (Fsp3) is 0.250. The number of benzene rings is 1. The molecule has 1 N–H and O–H groups in total. The molecule has 4 nitrogen and oxygen atoms in total. The topological polar surface area (TPSA) is 41.6 Å². The van der Waals surface area contributed by atoms with Crippen LogP contribution in [0, 0.1) is 5.82 Å². The second-order valence-corrected chi connectivity index (χ2v) is 6.19. The van der Waals surface area contributed by atoms with Gasteiger partial charge in [0.2, 0.25) is 0 Å². The quantitative estimate of drug-likeness (QED) is 0.485. The van der Waals surface area contributed by atoms with Crippen LogP contribution in [0.5, 0.6) is 0 Å². The van der Waals surface area contributed by atoms with E-state index in [1.807, 2.05) is 0 Å². The minimum Gasteiger partial charge on any atom is -1.00 e. The van der Waals surface area contributed by atoms with Crippen LogP contribution in [0.2, 0.25) is 0 Å². The van der Waals surface area contributed by atoms with E-state index >= 15 is 0 Å². The van der Waals surface area contributed by atoms with Gasteiger partial charge in [0.25, 0.3) is 0 Å². The lowest BCUT2D eigenvalue weighted by Gasteiger charge is -2.24. The zero-order valence-electron chi connectivity index (χ0n) is 12.8. The van der Waals surface area contributed by atoms with Gasteiger partial charge in [0, 0.05) is 12.4 Å². The Morgan fingerprint density at radius 2 is 1.68 bits per heavy atom. The first-order chi connectivity index (χ1) is 9.94. The summed E-state index contributed by atoms with van der Waals surface area (Å²) in [5.74, 6) is -0.237. The van der Waals surface area contributed by atoms with Crippen LogP contribution in [-0.2, 0) is 6.54 Å². The molecule has 0 atom stereocenters. The van der Waals surface area contributed by atoms with Crippen LogP contribution >= 0.6 is 0 Å². The number of hydrogen-bond acceptors (Lipinski definition) is 2. The monoisotopic (exact) mass is 412 g/mol. The van der Waals surface area contributed by atoms with Crippen molar-refractivity contribution in [3.63, 3.8) is 0 Å². The second kappa shape index (κ2) is 6.29. The smallest absolute Gasteiger partial charge is 0.157 e. The van der Waals surface area contributed by atoms with Gasteiger partial charge in [0.05, 0.1) is 32.4 Å². The number of nitrogens with zero attached hydrogens (tertiary/aromatic N) is 3. The Morgan fingerprint density at radius 3 is 2.32 bits per heavy atom. The van der Waals surface area contributed by atoms with E-state index in [-0.39, 0.29) is 29.8 Å². The van der Waals surface area contributed by atoms with Crippen molar-refractivity contribution in [2.45, 2.75) is 6.54 Å². The van der Waals surface area contributed by atoms with Gasteiger partial charge in [-0.1, -0.05) is 0 Å². The summed E-state index contributed by atoms with van der Waals surface area (Å²) in [6.07, 6.45) is 3.37. The fourth-order valence-corrected chi connectivity index (χ4v) is 2.45. The van der Waals surface area contributed by atoms with Gasteiger partial charge in [-0.2, -0.15) is 0 Å². The van der Waals surface area contributed by atoms with Gasteiger partial charge < -0.3 is 33.4 Å². The van der Waals surface area contributed by atoms with E-state index in [1.54, 1.807) is 24.5 Å². The van der Waals surface area contributed by atoms with E-state index in [0.29, 0.717) is 0 Å². The standard InChI is InChI=1S/C16H18FN4.HI/c1-21(2,3)10-13-14(11-4-6-12(17)7-5-11)20-16-15(13)18-8-9-19-16;/h4-9H,10H2,1-3H3,(H,19,20);1H/q+1;/p-1. The van der Waals surface area contributed by atoms with Gasteiger partial charge in [-0.15, -0.1) is 0 Å². The van der Waals surface area contributed by atoms with Gasteiger partial charge in [0.1, 0.15) is 17.9 Å². The van der Waals surface area contributed by atoms with Crippen molar-refractivity contribution in [1.29, 1.82) is 0 Å². The van der Waals surface area contributed by atoms with Crippen molar-refractivity contribution >= 4 is 11.2 Å². The SMILES string of the molecule is C[N+](C)(C)Cc1c(-c2ccc(F)cc2)[nH]c2nccnc12.[I-]. The number of hydrogen-bond donors (Lipinski definition) is 1. The molecule has 0 spiro atoms. The van der Waals surface area contributed by atoms with Crippen molar-refractivity contribution in [2.75, 3.05) is 21.1 Å². The highest BCUT2D eigenvalue weighted by Crippen LogP contribution is 2.30. The highest BCUT2D eigenvalue weighted by atomic mass is 127. The molecule has 0 unspecified atom stereocenters. The third kappa shape index (κ3) is 3.44. The van der Waals surface area contributed by atoms with Gasteiger partial charge >= 0.3 is 0 Å². The average molecular weight is 412 g/mol. The van der Waals surface area contributed by atoms with Crippen LogP contribution < -0.4 is 24.0 Å². The Bertz CT molecular complexity index is 775. The van der Waals surface area contributed by atoms with Crippen molar-refractivity contribution < 1.29 is 32.9 Å². The van der Waals surface area contributed by atoms with E-state index in [1.165, 1.54) is 12.1 Å². The zero-order valence-corrected chi connectivity index (χ0v) is 14.9. The lowest BCUT2D eigenvalue weighted by molar-refractivity contribution is -0.883. The Hall–Kier alpha value is -1.54. The molecule has 0 radical (unpaired) electrons. The summed E-state index contributed by atoms with van der Waals surface area (Å²) in [6.45, 7) is 0.811. The minimum absolute atomic E-state index is 0. The maximum atomic E-state index is 13.1.